The number of carbonyl (C=O) groups excluding carboxylic acids is 1. The lowest BCUT2D eigenvalue weighted by molar-refractivity contribution is -0.130. The Morgan fingerprint density at radius 2 is 1.77 bits per heavy atom. The molecule has 138 valence electrons. The highest BCUT2D eigenvalue weighted by Gasteiger charge is 2.30. The zero-order chi connectivity index (χ0) is 18.6. The van der Waals surface area contributed by atoms with Crippen molar-refractivity contribution in [3.8, 4) is 0 Å². The molecule has 1 aliphatic rings. The summed E-state index contributed by atoms with van der Waals surface area (Å²) in [4.78, 5) is 20.2. The van der Waals surface area contributed by atoms with Crippen molar-refractivity contribution in [3.05, 3.63) is 54.9 Å². The van der Waals surface area contributed by atoms with Crippen LogP contribution in [0, 0.1) is 0 Å². The molecule has 0 N–H and O–H groups in total. The third kappa shape index (κ3) is 4.03. The third-order valence-electron chi connectivity index (χ3n) is 4.43. The molecule has 1 aromatic carbocycles. The van der Waals surface area contributed by atoms with Gasteiger partial charge in [0.2, 0.25) is 15.9 Å². The van der Waals surface area contributed by atoms with Crippen molar-refractivity contribution in [3.63, 3.8) is 0 Å². The number of rotatable bonds is 5. The maximum Gasteiger partial charge on any atom is 0.244 e. The molecule has 0 atom stereocenters. The molecule has 1 aromatic heterocycles. The van der Waals surface area contributed by atoms with Crippen molar-refractivity contribution in [2.24, 2.45) is 0 Å². The van der Waals surface area contributed by atoms with Gasteiger partial charge in [-0.15, -0.1) is 0 Å². The van der Waals surface area contributed by atoms with Crippen LogP contribution in [0.5, 0.6) is 0 Å². The molecule has 1 aliphatic heterocycles. The minimum absolute atomic E-state index is 0.00483. The molecule has 0 spiro atoms. The number of pyridine rings is 1. The SMILES string of the molecule is CN(CC(=O)N1CCN(S(=O)(=O)c2cccnc2)CC1)c1ccccc1. The topological polar surface area (TPSA) is 73.8 Å². The number of para-hydroxylation sites is 1. The first kappa shape index (κ1) is 18.3. The van der Waals surface area contributed by atoms with E-state index in [0.717, 1.165) is 5.69 Å². The van der Waals surface area contributed by atoms with Gasteiger partial charge in [0, 0.05) is 51.3 Å². The molecule has 2 aromatic rings. The summed E-state index contributed by atoms with van der Waals surface area (Å²) in [6.07, 6.45) is 2.89. The van der Waals surface area contributed by atoms with E-state index in [-0.39, 0.29) is 30.4 Å². The Hall–Kier alpha value is -2.45. The highest BCUT2D eigenvalue weighted by atomic mass is 32.2. The number of sulfonamides is 1. The number of amides is 1. The van der Waals surface area contributed by atoms with Crippen LogP contribution in [0.2, 0.25) is 0 Å². The second-order valence-electron chi connectivity index (χ2n) is 6.17. The molecule has 1 fully saturated rings. The number of nitrogens with zero attached hydrogens (tertiary/aromatic N) is 4. The summed E-state index contributed by atoms with van der Waals surface area (Å²) in [6.45, 7) is 1.62. The highest BCUT2D eigenvalue weighted by molar-refractivity contribution is 7.89. The number of anilines is 1. The fourth-order valence-corrected chi connectivity index (χ4v) is 4.29. The Kier molecular flexibility index (Phi) is 5.53. The van der Waals surface area contributed by atoms with Crippen LogP contribution < -0.4 is 4.90 Å². The first-order valence-electron chi connectivity index (χ1n) is 8.42. The van der Waals surface area contributed by atoms with Crippen molar-refractivity contribution in [2.75, 3.05) is 44.7 Å². The lowest BCUT2D eigenvalue weighted by atomic mass is 10.3. The van der Waals surface area contributed by atoms with Gasteiger partial charge >= 0.3 is 0 Å². The minimum Gasteiger partial charge on any atom is -0.365 e. The van der Waals surface area contributed by atoms with E-state index in [9.17, 15) is 13.2 Å². The van der Waals surface area contributed by atoms with Gasteiger partial charge in [-0.3, -0.25) is 9.78 Å². The van der Waals surface area contributed by atoms with Crippen LogP contribution in [-0.2, 0) is 14.8 Å². The van der Waals surface area contributed by atoms with Crippen molar-refractivity contribution in [2.45, 2.75) is 4.90 Å². The second kappa shape index (κ2) is 7.84. The van der Waals surface area contributed by atoms with E-state index in [1.807, 2.05) is 42.3 Å². The highest BCUT2D eigenvalue weighted by Crippen LogP contribution is 2.17. The first-order chi connectivity index (χ1) is 12.5. The van der Waals surface area contributed by atoms with E-state index in [0.29, 0.717) is 13.1 Å². The largest absolute Gasteiger partial charge is 0.365 e. The number of aromatic nitrogens is 1. The van der Waals surface area contributed by atoms with Crippen LogP contribution in [0.25, 0.3) is 0 Å². The Bertz CT molecular complexity index is 835. The molecule has 7 nitrogen and oxygen atoms in total. The van der Waals surface area contributed by atoms with Crippen LogP contribution in [0.3, 0.4) is 0 Å². The lowest BCUT2D eigenvalue weighted by Gasteiger charge is -2.35. The van der Waals surface area contributed by atoms with E-state index < -0.39 is 10.0 Å². The average molecular weight is 374 g/mol. The lowest BCUT2D eigenvalue weighted by Crippen LogP contribution is -2.52. The van der Waals surface area contributed by atoms with Gasteiger partial charge in [-0.05, 0) is 24.3 Å². The van der Waals surface area contributed by atoms with Crippen molar-refractivity contribution < 1.29 is 13.2 Å². The molecular weight excluding hydrogens is 352 g/mol. The quantitative estimate of drug-likeness (QED) is 0.782. The van der Waals surface area contributed by atoms with Crippen LogP contribution in [0.1, 0.15) is 0 Å². The Labute approximate surface area is 153 Å². The van der Waals surface area contributed by atoms with Gasteiger partial charge in [0.1, 0.15) is 4.90 Å². The van der Waals surface area contributed by atoms with Gasteiger partial charge in [-0.1, -0.05) is 18.2 Å². The molecule has 1 amide bonds. The molecule has 3 rings (SSSR count). The third-order valence-corrected chi connectivity index (χ3v) is 6.32. The molecule has 26 heavy (non-hydrogen) atoms. The molecule has 2 heterocycles. The average Bonchev–Trinajstić information content (AvgIpc) is 2.69. The number of hydrogen-bond acceptors (Lipinski definition) is 5. The molecule has 0 radical (unpaired) electrons. The summed E-state index contributed by atoms with van der Waals surface area (Å²) >= 11 is 0. The summed E-state index contributed by atoms with van der Waals surface area (Å²) in [7, 11) is -1.68. The smallest absolute Gasteiger partial charge is 0.244 e. The van der Waals surface area contributed by atoms with Gasteiger partial charge in [-0.25, -0.2) is 8.42 Å². The molecule has 0 aliphatic carbocycles. The van der Waals surface area contributed by atoms with Crippen LogP contribution in [-0.4, -0.2) is 68.3 Å². The van der Waals surface area contributed by atoms with Crippen molar-refractivity contribution >= 4 is 21.6 Å². The van der Waals surface area contributed by atoms with Crippen LogP contribution in [0.4, 0.5) is 5.69 Å². The normalized spacial score (nSPS) is 15.7. The van der Waals surface area contributed by atoms with E-state index in [1.165, 1.54) is 16.6 Å². The Morgan fingerprint density at radius 3 is 2.38 bits per heavy atom. The number of carbonyl (C=O) groups is 1. The molecule has 1 saturated heterocycles. The summed E-state index contributed by atoms with van der Waals surface area (Å²) in [5.74, 6) is -0.00483. The van der Waals surface area contributed by atoms with Gasteiger partial charge in [0.05, 0.1) is 6.54 Å². The Balaban J connectivity index is 1.57. The monoisotopic (exact) mass is 374 g/mol. The van der Waals surface area contributed by atoms with Gasteiger partial charge in [0.15, 0.2) is 0 Å². The Morgan fingerprint density at radius 1 is 1.08 bits per heavy atom. The molecule has 0 saturated carbocycles. The van der Waals surface area contributed by atoms with E-state index in [1.54, 1.807) is 17.2 Å². The van der Waals surface area contributed by atoms with E-state index in [2.05, 4.69) is 4.98 Å². The fourth-order valence-electron chi connectivity index (χ4n) is 2.90. The molecule has 0 unspecified atom stereocenters. The molecular formula is C18H22N4O3S. The van der Waals surface area contributed by atoms with Crippen LogP contribution in [0.15, 0.2) is 59.8 Å². The predicted octanol–water partition coefficient (Wildman–Crippen LogP) is 1.05. The van der Waals surface area contributed by atoms with Gasteiger partial charge in [-0.2, -0.15) is 4.31 Å². The summed E-state index contributed by atoms with van der Waals surface area (Å²) in [6, 6.07) is 12.8. The van der Waals surface area contributed by atoms with E-state index >= 15 is 0 Å². The number of hydrogen-bond donors (Lipinski definition) is 0. The number of piperazine rings is 1. The van der Waals surface area contributed by atoms with Gasteiger partial charge in [0.25, 0.3) is 0 Å². The van der Waals surface area contributed by atoms with E-state index in [4.69, 9.17) is 0 Å². The molecule has 0 bridgehead atoms. The standard InChI is InChI=1S/C18H22N4O3S/c1-20(16-6-3-2-4-7-16)15-18(23)21-10-12-22(13-11-21)26(24,25)17-8-5-9-19-14-17/h2-9,14H,10-13,15H2,1H3. The summed E-state index contributed by atoms with van der Waals surface area (Å²) < 4.78 is 26.6. The zero-order valence-electron chi connectivity index (χ0n) is 14.7. The van der Waals surface area contributed by atoms with Crippen LogP contribution >= 0.6 is 0 Å². The number of benzene rings is 1. The maximum atomic E-state index is 12.6. The number of likely N-dealkylation sites (N-methyl/N-ethyl adjacent to an activating group) is 1. The fraction of sp³-hybridized carbons (Fsp3) is 0.333. The molecule has 8 heteroatoms. The summed E-state index contributed by atoms with van der Waals surface area (Å²) in [5, 5.41) is 0. The predicted molar refractivity (Wildman–Crippen MR) is 99.3 cm³/mol. The zero-order valence-corrected chi connectivity index (χ0v) is 15.5. The van der Waals surface area contributed by atoms with Gasteiger partial charge < -0.3 is 9.80 Å². The van der Waals surface area contributed by atoms with Crippen molar-refractivity contribution in [1.82, 2.24) is 14.2 Å². The minimum atomic E-state index is -3.55. The maximum absolute atomic E-state index is 12.6. The first-order valence-corrected chi connectivity index (χ1v) is 9.86. The second-order valence-corrected chi connectivity index (χ2v) is 8.10. The van der Waals surface area contributed by atoms with Crippen molar-refractivity contribution in [1.29, 1.82) is 0 Å². The summed E-state index contributed by atoms with van der Waals surface area (Å²) in [5.41, 5.74) is 0.971.